The van der Waals surface area contributed by atoms with Crippen molar-refractivity contribution < 1.29 is 13.2 Å². The molecule has 8 nitrogen and oxygen atoms in total. The zero-order valence-corrected chi connectivity index (χ0v) is 18.0. The smallest absolute Gasteiger partial charge is 0.214 e. The van der Waals surface area contributed by atoms with E-state index in [0.717, 1.165) is 22.4 Å². The van der Waals surface area contributed by atoms with Crippen molar-refractivity contribution in [2.45, 2.75) is 13.3 Å². The molecule has 0 N–H and O–H groups in total. The summed E-state index contributed by atoms with van der Waals surface area (Å²) in [5, 5.41) is 9.66. The van der Waals surface area contributed by atoms with Crippen molar-refractivity contribution in [3.8, 4) is 6.07 Å². The Morgan fingerprint density at radius 3 is 2.63 bits per heavy atom. The first-order valence-corrected chi connectivity index (χ1v) is 11.6. The third kappa shape index (κ3) is 3.62. The summed E-state index contributed by atoms with van der Waals surface area (Å²) in [4.78, 5) is 6.87. The Bertz CT molecular complexity index is 1220. The fourth-order valence-electron chi connectivity index (χ4n) is 4.01. The van der Waals surface area contributed by atoms with Crippen LogP contribution in [0.4, 0.5) is 5.82 Å². The highest BCUT2D eigenvalue weighted by atomic mass is 32.2. The number of benzene rings is 1. The summed E-state index contributed by atoms with van der Waals surface area (Å²) in [5.41, 5.74) is 3.84. The molecule has 1 fully saturated rings. The number of aryl methyl sites for hydroxylation is 1. The fourth-order valence-corrected chi connectivity index (χ4v) is 5.47. The summed E-state index contributed by atoms with van der Waals surface area (Å²) >= 11 is 0. The first-order valence-electron chi connectivity index (χ1n) is 9.99. The number of pyridine rings is 1. The van der Waals surface area contributed by atoms with Gasteiger partial charge >= 0.3 is 0 Å². The first kappa shape index (κ1) is 20.6. The maximum atomic E-state index is 12.6. The molecular formula is C21H25N5O3S. The van der Waals surface area contributed by atoms with Gasteiger partial charge in [-0.15, -0.1) is 0 Å². The van der Waals surface area contributed by atoms with Gasteiger partial charge < -0.3 is 9.64 Å². The molecule has 0 aliphatic carbocycles. The van der Waals surface area contributed by atoms with Crippen LogP contribution in [0.3, 0.4) is 0 Å². The minimum Gasteiger partial charge on any atom is -0.385 e. The van der Waals surface area contributed by atoms with Crippen molar-refractivity contribution in [3.63, 3.8) is 0 Å². The Kier molecular flexibility index (Phi) is 5.64. The van der Waals surface area contributed by atoms with Crippen LogP contribution in [0.1, 0.15) is 17.5 Å². The van der Waals surface area contributed by atoms with Gasteiger partial charge in [0.1, 0.15) is 11.9 Å². The molecule has 0 atom stereocenters. The number of methoxy groups -OCH3 is 1. The zero-order valence-electron chi connectivity index (χ0n) is 17.2. The number of sulfonamides is 1. The average molecular weight is 428 g/mol. The lowest BCUT2D eigenvalue weighted by Gasteiger charge is -2.36. The van der Waals surface area contributed by atoms with Gasteiger partial charge in [0, 0.05) is 39.9 Å². The Labute approximate surface area is 176 Å². The van der Waals surface area contributed by atoms with E-state index in [9.17, 15) is 13.7 Å². The molecule has 0 unspecified atom stereocenters. The highest BCUT2D eigenvalue weighted by Crippen LogP contribution is 2.29. The molecule has 0 bridgehead atoms. The van der Waals surface area contributed by atoms with Crippen LogP contribution < -0.4 is 4.90 Å². The van der Waals surface area contributed by atoms with Crippen molar-refractivity contribution >= 4 is 32.5 Å². The molecule has 30 heavy (non-hydrogen) atoms. The Morgan fingerprint density at radius 1 is 1.20 bits per heavy atom. The highest BCUT2D eigenvalue weighted by molar-refractivity contribution is 7.89. The number of hydrogen-bond acceptors (Lipinski definition) is 6. The molecule has 1 aliphatic heterocycles. The molecule has 3 aromatic rings. The molecular weight excluding hydrogens is 402 g/mol. The Balaban J connectivity index is 1.66. The third-order valence-electron chi connectivity index (χ3n) is 5.57. The monoisotopic (exact) mass is 427 g/mol. The maximum absolute atomic E-state index is 12.6. The number of nitrogens with zero attached hydrogens (tertiary/aromatic N) is 5. The second-order valence-electron chi connectivity index (χ2n) is 7.48. The van der Waals surface area contributed by atoms with Gasteiger partial charge in [-0.25, -0.2) is 13.4 Å². The molecule has 1 aromatic carbocycles. The number of hydrogen-bond donors (Lipinski definition) is 0. The summed E-state index contributed by atoms with van der Waals surface area (Å²) in [7, 11) is -1.71. The van der Waals surface area contributed by atoms with Crippen LogP contribution in [0.2, 0.25) is 0 Å². The maximum Gasteiger partial charge on any atom is 0.214 e. The van der Waals surface area contributed by atoms with E-state index in [1.807, 2.05) is 41.7 Å². The minimum absolute atomic E-state index is 0.104. The zero-order chi connectivity index (χ0) is 21.3. The van der Waals surface area contributed by atoms with Crippen molar-refractivity contribution in [1.82, 2.24) is 13.7 Å². The van der Waals surface area contributed by atoms with Gasteiger partial charge in [0.05, 0.1) is 22.3 Å². The molecule has 1 saturated heterocycles. The van der Waals surface area contributed by atoms with Crippen molar-refractivity contribution in [2.24, 2.45) is 0 Å². The van der Waals surface area contributed by atoms with E-state index < -0.39 is 10.0 Å². The summed E-state index contributed by atoms with van der Waals surface area (Å²) in [6.45, 7) is 4.38. The van der Waals surface area contributed by atoms with Crippen LogP contribution in [0.5, 0.6) is 0 Å². The molecule has 0 spiro atoms. The summed E-state index contributed by atoms with van der Waals surface area (Å²) in [5.74, 6) is 1.04. The van der Waals surface area contributed by atoms with Crippen molar-refractivity contribution in [2.75, 3.05) is 50.5 Å². The molecule has 4 rings (SSSR count). The van der Waals surface area contributed by atoms with Crippen LogP contribution in [0.15, 0.2) is 30.3 Å². The van der Waals surface area contributed by atoms with E-state index >= 15 is 0 Å². The van der Waals surface area contributed by atoms with Gasteiger partial charge in [0.15, 0.2) is 5.65 Å². The predicted molar refractivity (Wildman–Crippen MR) is 116 cm³/mol. The fraction of sp³-hybridized carbons (Fsp3) is 0.429. The molecule has 3 heterocycles. The number of ether oxygens (including phenoxy) is 1. The van der Waals surface area contributed by atoms with Crippen LogP contribution in [-0.2, 0) is 14.8 Å². The van der Waals surface area contributed by atoms with Crippen LogP contribution in [-0.4, -0.2) is 67.8 Å². The van der Waals surface area contributed by atoms with E-state index in [1.165, 1.54) is 0 Å². The second kappa shape index (κ2) is 8.22. The number of para-hydroxylation sites is 2. The van der Waals surface area contributed by atoms with E-state index in [2.05, 4.69) is 11.0 Å². The number of anilines is 1. The van der Waals surface area contributed by atoms with E-state index in [1.54, 1.807) is 11.4 Å². The molecule has 9 heteroatoms. The largest absolute Gasteiger partial charge is 0.385 e. The van der Waals surface area contributed by atoms with Crippen molar-refractivity contribution in [1.29, 1.82) is 5.26 Å². The second-order valence-corrected chi connectivity index (χ2v) is 9.57. The lowest BCUT2D eigenvalue weighted by molar-refractivity contribution is 0.199. The predicted octanol–water partition coefficient (Wildman–Crippen LogP) is 2.16. The molecule has 0 saturated carbocycles. The summed E-state index contributed by atoms with van der Waals surface area (Å²) in [6, 6.07) is 12.1. The molecule has 0 radical (unpaired) electrons. The number of nitriles is 1. The van der Waals surface area contributed by atoms with Gasteiger partial charge in [0.25, 0.3) is 0 Å². The normalized spacial score (nSPS) is 15.7. The van der Waals surface area contributed by atoms with Gasteiger partial charge in [-0.2, -0.15) is 9.57 Å². The lowest BCUT2D eigenvalue weighted by Crippen LogP contribution is -2.49. The van der Waals surface area contributed by atoms with Crippen LogP contribution >= 0.6 is 0 Å². The van der Waals surface area contributed by atoms with Crippen molar-refractivity contribution in [3.05, 3.63) is 41.5 Å². The number of piperazine rings is 1. The highest BCUT2D eigenvalue weighted by Gasteiger charge is 2.28. The molecule has 0 amide bonds. The van der Waals surface area contributed by atoms with Crippen LogP contribution in [0, 0.1) is 18.3 Å². The Morgan fingerprint density at radius 2 is 1.93 bits per heavy atom. The SMILES string of the molecule is COCCCS(=O)(=O)N1CCN(c2cc(C)c(C#N)c3nc4ccccc4n23)CC1. The number of fused-ring (bicyclic) bond motifs is 3. The summed E-state index contributed by atoms with van der Waals surface area (Å²) < 4.78 is 33.7. The van der Waals surface area contributed by atoms with Gasteiger partial charge in [-0.05, 0) is 37.1 Å². The van der Waals surface area contributed by atoms with Gasteiger partial charge in [-0.1, -0.05) is 12.1 Å². The Hall–Kier alpha value is -2.67. The third-order valence-corrected chi connectivity index (χ3v) is 7.53. The molecule has 158 valence electrons. The van der Waals surface area contributed by atoms with Gasteiger partial charge in [0.2, 0.25) is 10.0 Å². The topological polar surface area (TPSA) is 90.9 Å². The van der Waals surface area contributed by atoms with E-state index in [0.29, 0.717) is 50.4 Å². The average Bonchev–Trinajstić information content (AvgIpc) is 3.12. The lowest BCUT2D eigenvalue weighted by atomic mass is 10.1. The first-order chi connectivity index (χ1) is 14.5. The van der Waals surface area contributed by atoms with Gasteiger partial charge in [-0.3, -0.25) is 4.40 Å². The van der Waals surface area contributed by atoms with E-state index in [4.69, 9.17) is 9.72 Å². The molecule has 2 aromatic heterocycles. The van der Waals surface area contributed by atoms with Crippen LogP contribution in [0.25, 0.3) is 16.7 Å². The number of aromatic nitrogens is 2. The molecule has 1 aliphatic rings. The quantitative estimate of drug-likeness (QED) is 0.560. The van der Waals surface area contributed by atoms with E-state index in [-0.39, 0.29) is 5.75 Å². The summed E-state index contributed by atoms with van der Waals surface area (Å²) in [6.07, 6.45) is 0.496. The standard InChI is InChI=1S/C21H25N5O3S/c1-16-14-20(24-8-10-25(11-9-24)30(27,28)13-5-12-29-2)26-19-7-4-3-6-18(19)23-21(26)17(16)15-22/h3-4,6-7,14H,5,8-13H2,1-2H3. The number of imidazole rings is 1. The number of rotatable bonds is 6. The minimum atomic E-state index is -3.28.